The van der Waals surface area contributed by atoms with Crippen molar-refractivity contribution in [2.24, 2.45) is 0 Å². The minimum Gasteiger partial charge on any atom is -0.481 e. The molecule has 0 unspecified atom stereocenters. The van der Waals surface area contributed by atoms with Crippen LogP contribution in [0.4, 0.5) is 0 Å². The monoisotopic (exact) mass is 322 g/mol. The van der Waals surface area contributed by atoms with E-state index >= 15 is 0 Å². The average Bonchev–Trinajstić information content (AvgIpc) is 2.50. The van der Waals surface area contributed by atoms with Crippen LogP contribution < -0.4 is 10.1 Å². The van der Waals surface area contributed by atoms with E-state index < -0.39 is 5.97 Å². The van der Waals surface area contributed by atoms with Crippen molar-refractivity contribution in [1.29, 1.82) is 0 Å². The van der Waals surface area contributed by atoms with E-state index in [1.807, 2.05) is 26.0 Å². The molecule has 0 fully saturated rings. The molecule has 0 aliphatic carbocycles. The number of benzene rings is 1. The number of aryl methyl sites for hydroxylation is 2. The second-order valence-corrected chi connectivity index (χ2v) is 5.64. The van der Waals surface area contributed by atoms with E-state index in [1.54, 1.807) is 19.0 Å². The Kier molecular flexibility index (Phi) is 7.54. The average molecular weight is 322 g/mol. The van der Waals surface area contributed by atoms with E-state index in [0.717, 1.165) is 16.7 Å². The Balaban J connectivity index is 2.55. The van der Waals surface area contributed by atoms with Crippen LogP contribution in [0.25, 0.3) is 0 Å². The zero-order valence-corrected chi connectivity index (χ0v) is 14.6. The van der Waals surface area contributed by atoms with Crippen LogP contribution in [0.2, 0.25) is 0 Å². The molecule has 0 aromatic heterocycles. The summed E-state index contributed by atoms with van der Waals surface area (Å²) in [6.45, 7) is 5.11. The van der Waals surface area contributed by atoms with Crippen molar-refractivity contribution in [3.05, 3.63) is 28.8 Å². The lowest BCUT2D eigenvalue weighted by Gasteiger charge is -2.14. The second kappa shape index (κ2) is 9.15. The third-order valence-corrected chi connectivity index (χ3v) is 3.43. The van der Waals surface area contributed by atoms with Crippen LogP contribution in [-0.4, -0.2) is 51.1 Å². The lowest BCUT2D eigenvalue weighted by Crippen LogP contribution is -2.26. The Labute approximate surface area is 137 Å². The molecule has 1 amide bonds. The lowest BCUT2D eigenvalue weighted by molar-refractivity contribution is -0.142. The summed E-state index contributed by atoms with van der Waals surface area (Å²) in [6, 6.07) is 4.03. The van der Waals surface area contributed by atoms with Gasteiger partial charge in [-0.2, -0.15) is 0 Å². The van der Waals surface area contributed by atoms with E-state index in [0.29, 0.717) is 25.3 Å². The molecule has 128 valence electrons. The number of nitrogens with zero attached hydrogens (tertiary/aromatic N) is 1. The van der Waals surface area contributed by atoms with Gasteiger partial charge in [0.2, 0.25) is 5.91 Å². The van der Waals surface area contributed by atoms with E-state index in [9.17, 15) is 9.59 Å². The molecular weight excluding hydrogens is 296 g/mol. The molecule has 1 aromatic rings. The topological polar surface area (TPSA) is 67.9 Å². The molecule has 0 radical (unpaired) electrons. The first-order valence-corrected chi connectivity index (χ1v) is 7.55. The van der Waals surface area contributed by atoms with Gasteiger partial charge in [0, 0.05) is 33.6 Å². The number of methoxy groups -OCH3 is 1. The predicted molar refractivity (Wildman–Crippen MR) is 88.4 cm³/mol. The molecule has 0 aliphatic heterocycles. The molecule has 1 rings (SSSR count). The highest BCUT2D eigenvalue weighted by Gasteiger charge is 2.09. The molecule has 0 saturated heterocycles. The Morgan fingerprint density at radius 3 is 2.30 bits per heavy atom. The molecule has 0 bridgehead atoms. The highest BCUT2D eigenvalue weighted by Crippen LogP contribution is 2.24. The molecule has 6 heteroatoms. The molecule has 23 heavy (non-hydrogen) atoms. The summed E-state index contributed by atoms with van der Waals surface area (Å²) >= 11 is 0. The third-order valence-electron chi connectivity index (χ3n) is 3.43. The number of esters is 1. The highest BCUT2D eigenvalue weighted by atomic mass is 16.6. The molecule has 0 heterocycles. The molecule has 0 spiro atoms. The van der Waals surface area contributed by atoms with Crippen molar-refractivity contribution in [1.82, 2.24) is 10.2 Å². The first kappa shape index (κ1) is 19.0. The standard InChI is InChI=1S/C17H26N2O4/c1-12-8-14(10-18-7-6-15(20)19(3)4)9-13(2)17(12)23-11-16(21)22-5/h8-9,18H,6-7,10-11H2,1-5H3. The van der Waals surface area contributed by atoms with Crippen molar-refractivity contribution < 1.29 is 19.1 Å². The largest absolute Gasteiger partial charge is 0.481 e. The molecule has 1 N–H and O–H groups in total. The Bertz CT molecular complexity index is 533. The molecule has 0 aliphatic rings. The van der Waals surface area contributed by atoms with Crippen molar-refractivity contribution in [3.63, 3.8) is 0 Å². The van der Waals surface area contributed by atoms with Gasteiger partial charge < -0.3 is 19.7 Å². The SMILES string of the molecule is COC(=O)COc1c(C)cc(CNCCC(=O)N(C)C)cc1C. The van der Waals surface area contributed by atoms with Crippen LogP contribution >= 0.6 is 0 Å². The zero-order chi connectivity index (χ0) is 17.4. The third kappa shape index (κ3) is 6.28. The number of hydrogen-bond donors (Lipinski definition) is 1. The molecule has 6 nitrogen and oxygen atoms in total. The van der Waals surface area contributed by atoms with Gasteiger partial charge in [0.1, 0.15) is 5.75 Å². The summed E-state index contributed by atoms with van der Waals surface area (Å²) < 4.78 is 10.1. The van der Waals surface area contributed by atoms with Crippen LogP contribution in [-0.2, 0) is 20.9 Å². The van der Waals surface area contributed by atoms with E-state index in [-0.39, 0.29) is 12.5 Å². The van der Waals surface area contributed by atoms with Gasteiger partial charge in [-0.05, 0) is 30.5 Å². The summed E-state index contributed by atoms with van der Waals surface area (Å²) in [7, 11) is 4.84. The van der Waals surface area contributed by atoms with Crippen LogP contribution in [0.1, 0.15) is 23.1 Å². The van der Waals surface area contributed by atoms with Gasteiger partial charge in [-0.3, -0.25) is 4.79 Å². The van der Waals surface area contributed by atoms with Crippen molar-refractivity contribution in [2.45, 2.75) is 26.8 Å². The predicted octanol–water partition coefficient (Wildman–Crippen LogP) is 1.42. The van der Waals surface area contributed by atoms with Gasteiger partial charge in [-0.15, -0.1) is 0 Å². The van der Waals surface area contributed by atoms with Gasteiger partial charge >= 0.3 is 5.97 Å². The van der Waals surface area contributed by atoms with Crippen molar-refractivity contribution in [3.8, 4) is 5.75 Å². The molecular formula is C17H26N2O4. The highest BCUT2D eigenvalue weighted by molar-refractivity contribution is 5.75. The maximum atomic E-state index is 11.5. The summed E-state index contributed by atoms with van der Waals surface area (Å²) in [6.07, 6.45) is 0.477. The summed E-state index contributed by atoms with van der Waals surface area (Å²) in [5.41, 5.74) is 3.05. The van der Waals surface area contributed by atoms with Crippen LogP contribution in [0, 0.1) is 13.8 Å². The molecule has 1 aromatic carbocycles. The summed E-state index contributed by atoms with van der Waals surface area (Å²) in [4.78, 5) is 24.2. The summed E-state index contributed by atoms with van der Waals surface area (Å²) in [5.74, 6) is 0.415. The number of rotatable bonds is 8. The van der Waals surface area contributed by atoms with Crippen LogP contribution in [0.5, 0.6) is 5.75 Å². The maximum absolute atomic E-state index is 11.5. The van der Waals surface area contributed by atoms with E-state index in [1.165, 1.54) is 7.11 Å². The molecule has 0 saturated carbocycles. The Hall–Kier alpha value is -2.08. The molecule has 0 atom stereocenters. The van der Waals surface area contributed by atoms with Gasteiger partial charge in [0.25, 0.3) is 0 Å². The van der Waals surface area contributed by atoms with Crippen molar-refractivity contribution in [2.75, 3.05) is 34.4 Å². The quantitative estimate of drug-likeness (QED) is 0.579. The van der Waals surface area contributed by atoms with Gasteiger partial charge in [0.15, 0.2) is 6.61 Å². The lowest BCUT2D eigenvalue weighted by atomic mass is 10.1. The minimum atomic E-state index is -0.403. The maximum Gasteiger partial charge on any atom is 0.343 e. The Morgan fingerprint density at radius 1 is 1.17 bits per heavy atom. The zero-order valence-electron chi connectivity index (χ0n) is 14.6. The van der Waals surface area contributed by atoms with Gasteiger partial charge in [-0.1, -0.05) is 12.1 Å². The number of carbonyl (C=O) groups excluding carboxylic acids is 2. The first-order valence-electron chi connectivity index (χ1n) is 7.55. The van der Waals surface area contributed by atoms with Gasteiger partial charge in [0.05, 0.1) is 7.11 Å². The van der Waals surface area contributed by atoms with E-state index in [4.69, 9.17) is 4.74 Å². The van der Waals surface area contributed by atoms with Gasteiger partial charge in [-0.25, -0.2) is 4.79 Å². The number of amides is 1. The fourth-order valence-electron chi connectivity index (χ4n) is 2.21. The number of hydrogen-bond acceptors (Lipinski definition) is 5. The fourth-order valence-corrected chi connectivity index (χ4v) is 2.21. The first-order chi connectivity index (χ1) is 10.8. The minimum absolute atomic E-state index is 0.0948. The van der Waals surface area contributed by atoms with Crippen molar-refractivity contribution >= 4 is 11.9 Å². The number of nitrogens with one attached hydrogen (secondary N) is 1. The summed E-state index contributed by atoms with van der Waals surface area (Å²) in [5, 5.41) is 3.26. The van der Waals surface area contributed by atoms with Crippen LogP contribution in [0.15, 0.2) is 12.1 Å². The number of ether oxygens (including phenoxy) is 2. The van der Waals surface area contributed by atoms with E-state index in [2.05, 4.69) is 10.1 Å². The second-order valence-electron chi connectivity index (χ2n) is 5.64. The smallest absolute Gasteiger partial charge is 0.343 e. The Morgan fingerprint density at radius 2 is 1.78 bits per heavy atom. The normalized spacial score (nSPS) is 10.3. The number of carbonyl (C=O) groups is 2. The van der Waals surface area contributed by atoms with Crippen LogP contribution in [0.3, 0.4) is 0 Å². The fraction of sp³-hybridized carbons (Fsp3) is 0.529.